The van der Waals surface area contributed by atoms with Gasteiger partial charge in [0.2, 0.25) is 0 Å². The van der Waals surface area contributed by atoms with Gasteiger partial charge in [0.05, 0.1) is 23.5 Å². The first-order valence-corrected chi connectivity index (χ1v) is 12.1. The van der Waals surface area contributed by atoms with Crippen LogP contribution in [0.25, 0.3) is 33.4 Å². The molecule has 5 rings (SSSR count). The van der Waals surface area contributed by atoms with Crippen LogP contribution in [0.1, 0.15) is 44.8 Å². The van der Waals surface area contributed by atoms with Crippen LogP contribution >= 0.6 is 0 Å². The van der Waals surface area contributed by atoms with Crippen LogP contribution in [-0.2, 0) is 0 Å². The van der Waals surface area contributed by atoms with Gasteiger partial charge in [0.25, 0.3) is 0 Å². The maximum Gasteiger partial charge on any atom is 0.149 e. The average Bonchev–Trinajstić information content (AvgIpc) is 3.56. The monoisotopic (exact) mass is 586 g/mol. The Morgan fingerprint density at radius 1 is 0.511 bits per heavy atom. The molecule has 0 unspecified atom stereocenters. The third-order valence-electron chi connectivity index (χ3n) is 6.95. The second-order valence-corrected chi connectivity index (χ2v) is 9.03. The number of nitrogens with zero attached hydrogens (tertiary/aromatic N) is 10. The topological polar surface area (TPSA) is 216 Å². The van der Waals surface area contributed by atoms with Gasteiger partial charge in [-0.1, -0.05) is 0 Å². The first-order chi connectivity index (χ1) is 21.7. The molecule has 0 saturated carbocycles. The Morgan fingerprint density at radius 3 is 1.20 bits per heavy atom. The SMILES string of the molecule is N#CC(C#N)=C1C(c2cc(C#N)ncc2F)=C(C#N)c2c1cc1c(c2F)C(C#N)=C(c2cc(C#N)ncc2F)C1=C(C#N)C#N. The zero-order chi connectivity index (χ0) is 32.6. The fraction of sp³-hybridized carbons (Fsp3) is 0. The van der Waals surface area contributed by atoms with Crippen molar-refractivity contribution in [2.45, 2.75) is 0 Å². The molecule has 2 heterocycles. The molecule has 0 aliphatic heterocycles. The van der Waals surface area contributed by atoms with Crippen LogP contribution in [0.15, 0.2) is 41.7 Å². The van der Waals surface area contributed by atoms with Gasteiger partial charge in [-0.15, -0.1) is 0 Å². The van der Waals surface area contributed by atoms with Crippen molar-refractivity contribution in [1.29, 1.82) is 42.1 Å². The summed E-state index contributed by atoms with van der Waals surface area (Å²) < 4.78 is 47.2. The average molecular weight is 586 g/mol. The van der Waals surface area contributed by atoms with Crippen LogP contribution in [0.5, 0.6) is 0 Å². The Hall–Kier alpha value is -7.81. The Labute approximate surface area is 251 Å². The lowest BCUT2D eigenvalue weighted by Crippen LogP contribution is -2.00. The van der Waals surface area contributed by atoms with Gasteiger partial charge in [-0.05, 0) is 29.3 Å². The predicted molar refractivity (Wildman–Crippen MR) is 145 cm³/mol. The summed E-state index contributed by atoms with van der Waals surface area (Å²) in [7, 11) is 0. The van der Waals surface area contributed by atoms with Gasteiger partial charge in [-0.2, -0.15) is 42.1 Å². The van der Waals surface area contributed by atoms with Gasteiger partial charge in [0.15, 0.2) is 0 Å². The minimum atomic E-state index is -1.30. The number of halogens is 3. The van der Waals surface area contributed by atoms with Crippen molar-refractivity contribution in [2.24, 2.45) is 0 Å². The van der Waals surface area contributed by atoms with Gasteiger partial charge in [-0.3, -0.25) is 0 Å². The van der Waals surface area contributed by atoms with E-state index < -0.39 is 84.3 Å². The highest BCUT2D eigenvalue weighted by atomic mass is 19.1. The van der Waals surface area contributed by atoms with Crippen molar-refractivity contribution in [3.8, 4) is 48.6 Å². The van der Waals surface area contributed by atoms with Crippen molar-refractivity contribution in [1.82, 2.24) is 9.97 Å². The Balaban J connectivity index is 2.03. The Kier molecular flexibility index (Phi) is 6.94. The number of rotatable bonds is 2. The van der Waals surface area contributed by atoms with E-state index in [-0.39, 0.29) is 22.5 Å². The summed E-state index contributed by atoms with van der Waals surface area (Å²) >= 11 is 0. The molecule has 1 aromatic carbocycles. The number of benzene rings is 1. The molecule has 2 aliphatic carbocycles. The second-order valence-electron chi connectivity index (χ2n) is 9.03. The molecular weight excluding hydrogens is 581 g/mol. The molecule has 0 spiro atoms. The number of fused-ring (bicyclic) bond motifs is 2. The van der Waals surface area contributed by atoms with Crippen molar-refractivity contribution < 1.29 is 13.2 Å². The highest BCUT2D eigenvalue weighted by Gasteiger charge is 2.41. The van der Waals surface area contributed by atoms with E-state index in [0.29, 0.717) is 12.4 Å². The van der Waals surface area contributed by atoms with Crippen LogP contribution in [0, 0.1) is 108 Å². The van der Waals surface area contributed by atoms with Crippen LogP contribution in [0.4, 0.5) is 13.2 Å². The fourth-order valence-electron chi connectivity index (χ4n) is 5.24. The van der Waals surface area contributed by atoms with Crippen molar-refractivity contribution in [2.75, 3.05) is 0 Å². The van der Waals surface area contributed by atoms with Crippen molar-refractivity contribution in [3.63, 3.8) is 0 Å². The highest BCUT2D eigenvalue weighted by molar-refractivity contribution is 6.30. The fourth-order valence-corrected chi connectivity index (χ4v) is 5.24. The molecule has 0 atom stereocenters. The van der Waals surface area contributed by atoms with Gasteiger partial charge < -0.3 is 0 Å². The van der Waals surface area contributed by atoms with Gasteiger partial charge in [0, 0.05) is 44.5 Å². The summed E-state index contributed by atoms with van der Waals surface area (Å²) in [5, 5.41) is 78.4. The zero-order valence-electron chi connectivity index (χ0n) is 22.0. The van der Waals surface area contributed by atoms with Gasteiger partial charge in [0.1, 0.15) is 88.5 Å². The van der Waals surface area contributed by atoms with Gasteiger partial charge >= 0.3 is 0 Å². The molecule has 2 aromatic heterocycles. The highest BCUT2D eigenvalue weighted by Crippen LogP contribution is 2.56. The minimum absolute atomic E-state index is 0.307. The number of aromatic nitrogens is 2. The van der Waals surface area contributed by atoms with Crippen LogP contribution in [-0.4, -0.2) is 9.97 Å². The van der Waals surface area contributed by atoms with Crippen LogP contribution < -0.4 is 0 Å². The molecule has 0 N–H and O–H groups in total. The van der Waals surface area contributed by atoms with Crippen LogP contribution in [0.2, 0.25) is 0 Å². The number of hydrogen-bond donors (Lipinski definition) is 0. The summed E-state index contributed by atoms with van der Waals surface area (Å²) in [5.41, 5.74) is -7.48. The first-order valence-electron chi connectivity index (χ1n) is 12.1. The predicted octanol–water partition coefficient (Wildman–Crippen LogP) is 5.13. The van der Waals surface area contributed by atoms with E-state index in [1.165, 1.54) is 0 Å². The van der Waals surface area contributed by atoms with E-state index in [1.807, 2.05) is 0 Å². The molecule has 204 valence electrons. The summed E-state index contributed by atoms with van der Waals surface area (Å²) in [5.74, 6) is -3.46. The lowest BCUT2D eigenvalue weighted by atomic mass is 9.89. The first kappa shape index (κ1) is 28.7. The molecule has 0 bridgehead atoms. The minimum Gasteiger partial charge on any atom is -0.242 e. The van der Waals surface area contributed by atoms with E-state index in [9.17, 15) is 42.1 Å². The zero-order valence-corrected chi connectivity index (χ0v) is 22.0. The maximum atomic E-state index is 16.8. The quantitative estimate of drug-likeness (QED) is 0.360. The molecule has 0 amide bonds. The summed E-state index contributed by atoms with van der Waals surface area (Å²) in [6.07, 6.45) is 1.33. The molecule has 0 fully saturated rings. The molecule has 2 aliphatic rings. The summed E-state index contributed by atoms with van der Waals surface area (Å²) in [6.45, 7) is 0. The maximum absolute atomic E-state index is 16.8. The van der Waals surface area contributed by atoms with Crippen molar-refractivity contribution >= 4 is 33.4 Å². The van der Waals surface area contributed by atoms with E-state index in [4.69, 9.17) is 0 Å². The van der Waals surface area contributed by atoms with E-state index in [0.717, 1.165) is 18.2 Å². The Bertz CT molecular complexity index is 2240. The second kappa shape index (κ2) is 10.9. The van der Waals surface area contributed by atoms with E-state index >= 15 is 13.2 Å². The molecular formula is C32H5F3N10. The molecule has 10 nitrogen and oxygen atoms in total. The van der Waals surface area contributed by atoms with Crippen LogP contribution in [0.3, 0.4) is 0 Å². The molecule has 13 heteroatoms. The third kappa shape index (κ3) is 4.05. The normalized spacial score (nSPS) is 12.3. The van der Waals surface area contributed by atoms with Gasteiger partial charge in [-0.25, -0.2) is 23.1 Å². The Morgan fingerprint density at radius 2 is 0.889 bits per heavy atom. The lowest BCUT2D eigenvalue weighted by molar-refractivity contribution is 0.617. The number of allylic oxidation sites excluding steroid dienone is 8. The number of nitriles is 8. The summed E-state index contributed by atoms with van der Waals surface area (Å²) in [6, 6.07) is 16.4. The van der Waals surface area contributed by atoms with E-state index in [2.05, 4.69) is 9.97 Å². The smallest absolute Gasteiger partial charge is 0.149 e. The molecule has 45 heavy (non-hydrogen) atoms. The standard InChI is InChI=1S/C32H5F3N10/c33-24-12-44-16(8-40)1-18(24)28-22(10-42)30-20(26(28)14(4-36)5-37)3-21-27(15(6-38)7-39)29(23(11-43)31(21)32(30)35)19-2-17(9-41)45-13-25(19)34/h1-3,12-13H. The van der Waals surface area contributed by atoms with Crippen molar-refractivity contribution in [3.05, 3.63) is 104 Å². The lowest BCUT2D eigenvalue weighted by Gasteiger charge is -2.13. The molecule has 0 radical (unpaired) electrons. The largest absolute Gasteiger partial charge is 0.242 e. The number of hydrogen-bond acceptors (Lipinski definition) is 10. The molecule has 3 aromatic rings. The molecule has 0 saturated heterocycles. The summed E-state index contributed by atoms with van der Waals surface area (Å²) in [4.78, 5) is 7.21. The van der Waals surface area contributed by atoms with E-state index in [1.54, 1.807) is 48.6 Å². The third-order valence-corrected chi connectivity index (χ3v) is 6.95. The number of pyridine rings is 2.